The molecule has 7 rings (SSSR count). The van der Waals surface area contributed by atoms with Gasteiger partial charge in [0.25, 0.3) is 0 Å². The number of rotatable bonds is 6. The fourth-order valence-corrected chi connectivity index (χ4v) is 10.6. The first kappa shape index (κ1) is 28.5. The summed E-state index contributed by atoms with van der Waals surface area (Å²) in [6.45, 7) is -0.158. The molecule has 2 aliphatic heterocycles. The van der Waals surface area contributed by atoms with E-state index in [4.69, 9.17) is 9.97 Å². The maximum Gasteiger partial charge on any atom is 0.177 e. The van der Waals surface area contributed by atoms with Crippen LogP contribution in [0.2, 0.25) is 0 Å². The second-order valence-electron chi connectivity index (χ2n) is 11.5. The van der Waals surface area contributed by atoms with Crippen molar-refractivity contribution >= 4 is 46.4 Å². The number of hydrogen-bond acceptors (Lipinski definition) is 5. The maximum absolute atomic E-state index is 9.99. The first-order valence-electron chi connectivity index (χ1n) is 15.4. The lowest BCUT2D eigenvalue weighted by Crippen LogP contribution is -2.34. The molecular formula is C39H32N5P. The van der Waals surface area contributed by atoms with Crippen molar-refractivity contribution in [3.8, 4) is 12.1 Å². The van der Waals surface area contributed by atoms with Crippen molar-refractivity contribution in [1.82, 2.24) is 9.97 Å². The van der Waals surface area contributed by atoms with Gasteiger partial charge >= 0.3 is 0 Å². The zero-order chi connectivity index (χ0) is 30.6. The van der Waals surface area contributed by atoms with E-state index in [1.807, 2.05) is 24.3 Å². The lowest BCUT2D eigenvalue weighted by atomic mass is 9.90. The van der Waals surface area contributed by atoms with E-state index in [1.54, 1.807) is 0 Å². The molecule has 0 spiro atoms. The van der Waals surface area contributed by atoms with Crippen molar-refractivity contribution in [2.45, 2.75) is 25.7 Å². The number of nitriles is 2. The summed E-state index contributed by atoms with van der Waals surface area (Å²) in [6, 6.07) is 40.3. The van der Waals surface area contributed by atoms with Crippen LogP contribution in [0.3, 0.4) is 0 Å². The van der Waals surface area contributed by atoms with Crippen LogP contribution in [0.25, 0.3) is 12.2 Å². The number of aryl methyl sites for hydroxylation is 2. The molecule has 5 aromatic rings. The van der Waals surface area contributed by atoms with Crippen LogP contribution in [0.5, 0.6) is 0 Å². The summed E-state index contributed by atoms with van der Waals surface area (Å²) in [5, 5.41) is 23.4. The Kier molecular flexibility index (Phi) is 7.87. The molecule has 0 fully saturated rings. The van der Waals surface area contributed by atoms with E-state index in [2.05, 4.69) is 114 Å². The summed E-state index contributed by atoms with van der Waals surface area (Å²) >= 11 is 0. The third-order valence-corrected chi connectivity index (χ3v) is 12.7. The molecule has 0 unspecified atom stereocenters. The van der Waals surface area contributed by atoms with Gasteiger partial charge in [0, 0.05) is 18.8 Å². The van der Waals surface area contributed by atoms with Crippen molar-refractivity contribution in [2.24, 2.45) is 0 Å². The van der Waals surface area contributed by atoms with Crippen LogP contribution in [0.15, 0.2) is 103 Å². The summed E-state index contributed by atoms with van der Waals surface area (Å²) in [4.78, 5) is 12.1. The van der Waals surface area contributed by atoms with Crippen LogP contribution in [-0.2, 0) is 12.8 Å². The van der Waals surface area contributed by atoms with Gasteiger partial charge in [-0.25, -0.2) is 9.97 Å². The molecule has 0 radical (unpaired) electrons. The molecular weight excluding hydrogens is 569 g/mol. The molecule has 6 heteroatoms. The quantitative estimate of drug-likeness (QED) is 0.216. The summed E-state index contributed by atoms with van der Waals surface area (Å²) in [7, 11) is 0. The molecule has 0 amide bonds. The summed E-state index contributed by atoms with van der Waals surface area (Å²) in [6.07, 6.45) is 8.59. The highest BCUT2D eigenvalue weighted by atomic mass is 31.2. The third kappa shape index (κ3) is 5.38. The molecule has 0 aliphatic carbocycles. The minimum atomic E-state index is -2.44. The summed E-state index contributed by atoms with van der Waals surface area (Å²) in [5.74, 6) is 2.22. The van der Waals surface area contributed by atoms with Crippen molar-refractivity contribution < 1.29 is 0 Å². The Labute approximate surface area is 264 Å². The van der Waals surface area contributed by atoms with E-state index >= 15 is 0 Å². The zero-order valence-electron chi connectivity index (χ0n) is 25.0. The summed E-state index contributed by atoms with van der Waals surface area (Å²) < 4.78 is 0. The van der Waals surface area contributed by atoms with Gasteiger partial charge in [-0.05, 0) is 89.2 Å². The lowest BCUT2D eigenvalue weighted by molar-refractivity contribution is 0.634. The smallest absolute Gasteiger partial charge is 0.177 e. The van der Waals surface area contributed by atoms with Gasteiger partial charge in [0.15, 0.2) is 11.4 Å². The second-order valence-corrected chi connectivity index (χ2v) is 14.7. The molecule has 0 N–H and O–H groups in total. The van der Waals surface area contributed by atoms with Gasteiger partial charge in [0.05, 0.1) is 11.4 Å². The molecule has 0 saturated carbocycles. The second kappa shape index (κ2) is 12.4. The van der Waals surface area contributed by atoms with Crippen LogP contribution in [0.1, 0.15) is 52.3 Å². The molecule has 1 aromatic heterocycles. The van der Waals surface area contributed by atoms with Gasteiger partial charge in [-0.2, -0.15) is 10.5 Å². The van der Waals surface area contributed by atoms with Crippen LogP contribution in [0.4, 0.5) is 5.69 Å². The van der Waals surface area contributed by atoms with Crippen molar-refractivity contribution in [2.75, 3.05) is 18.0 Å². The number of nitrogens with zero attached hydrogens (tertiary/aromatic N) is 5. The Balaban J connectivity index is 1.47. The van der Waals surface area contributed by atoms with Crippen LogP contribution in [-0.4, -0.2) is 28.9 Å². The van der Waals surface area contributed by atoms with Gasteiger partial charge in [-0.1, -0.05) is 97.1 Å². The molecule has 0 bridgehead atoms. The minimum absolute atomic E-state index is 0.0338. The van der Waals surface area contributed by atoms with Gasteiger partial charge in [0.1, 0.15) is 12.1 Å². The van der Waals surface area contributed by atoms with E-state index in [9.17, 15) is 10.5 Å². The monoisotopic (exact) mass is 601 g/mol. The molecule has 4 aromatic carbocycles. The minimum Gasteiger partial charge on any atom is -0.371 e. The van der Waals surface area contributed by atoms with Gasteiger partial charge in [0.2, 0.25) is 0 Å². The Morgan fingerprint density at radius 1 is 0.622 bits per heavy atom. The topological polar surface area (TPSA) is 76.6 Å². The largest absolute Gasteiger partial charge is 0.371 e. The molecule has 218 valence electrons. The fourth-order valence-electron chi connectivity index (χ4n) is 6.78. The SMILES string of the molecule is N#Cc1nc(C=P(c2ccccc2)(c2ccccc2)c2ccccc2)c(/C=C/c2cc3c4c(c2)CCCN4CCC3)nc1C#N. The van der Waals surface area contributed by atoms with Crippen molar-refractivity contribution in [1.29, 1.82) is 10.5 Å². The maximum atomic E-state index is 9.99. The average Bonchev–Trinajstić information content (AvgIpc) is 3.11. The first-order chi connectivity index (χ1) is 22.2. The Morgan fingerprint density at radius 2 is 1.09 bits per heavy atom. The Morgan fingerprint density at radius 3 is 1.56 bits per heavy atom. The summed E-state index contributed by atoms with van der Waals surface area (Å²) in [5.41, 5.74) is 6.62. The fraction of sp³-hybridized carbons (Fsp3) is 0.154. The highest BCUT2D eigenvalue weighted by Gasteiger charge is 2.27. The molecule has 0 atom stereocenters. The molecule has 45 heavy (non-hydrogen) atoms. The zero-order valence-corrected chi connectivity index (χ0v) is 25.9. The van der Waals surface area contributed by atoms with Crippen molar-refractivity contribution in [3.05, 3.63) is 143 Å². The van der Waals surface area contributed by atoms with E-state index in [-0.39, 0.29) is 11.4 Å². The third-order valence-electron chi connectivity index (χ3n) is 8.76. The lowest BCUT2D eigenvalue weighted by Gasteiger charge is -2.37. The average molecular weight is 602 g/mol. The highest BCUT2D eigenvalue weighted by Crippen LogP contribution is 2.44. The van der Waals surface area contributed by atoms with Crippen LogP contribution < -0.4 is 20.8 Å². The normalized spacial score (nSPS) is 14.0. The van der Waals surface area contributed by atoms with Gasteiger partial charge < -0.3 is 4.90 Å². The number of hydrogen-bond donors (Lipinski definition) is 0. The predicted octanol–water partition coefficient (Wildman–Crippen LogP) is 6.23. The molecule has 0 saturated heterocycles. The van der Waals surface area contributed by atoms with E-state index in [0.717, 1.165) is 31.5 Å². The predicted molar refractivity (Wildman–Crippen MR) is 186 cm³/mol. The van der Waals surface area contributed by atoms with E-state index in [0.29, 0.717) is 11.4 Å². The molecule has 2 aliphatic rings. The number of benzene rings is 4. The van der Waals surface area contributed by atoms with Crippen LogP contribution >= 0.6 is 6.89 Å². The first-order valence-corrected chi connectivity index (χ1v) is 17.3. The Hall–Kier alpha value is -5.22. The van der Waals surface area contributed by atoms with E-state index in [1.165, 1.54) is 45.6 Å². The van der Waals surface area contributed by atoms with Gasteiger partial charge in [-0.15, -0.1) is 0 Å². The molecule has 5 nitrogen and oxygen atoms in total. The standard InChI is InChI=1S/C39H32N5P/c40-26-36-37(27-41)43-38(35(42-36)21-20-29-24-30-12-10-22-44-23-11-13-31(25-29)39(30)44)28-45(32-14-4-1-5-15-32,33-16-6-2-7-17-33)34-18-8-3-9-19-34/h1-9,14-21,24-25,28H,10-13,22-23H2/b21-20+. The molecule has 3 heterocycles. The highest BCUT2D eigenvalue weighted by molar-refractivity contribution is 7.94. The number of anilines is 1. The van der Waals surface area contributed by atoms with Crippen molar-refractivity contribution in [3.63, 3.8) is 0 Å². The Bertz CT molecular complexity index is 1900. The van der Waals surface area contributed by atoms with Crippen LogP contribution in [0, 0.1) is 22.7 Å². The number of aromatic nitrogens is 2. The van der Waals surface area contributed by atoms with Gasteiger partial charge in [-0.3, -0.25) is 0 Å². The van der Waals surface area contributed by atoms with E-state index < -0.39 is 6.89 Å².